The van der Waals surface area contributed by atoms with Crippen molar-refractivity contribution in [2.24, 2.45) is 20.0 Å². The van der Waals surface area contributed by atoms with Gasteiger partial charge in [-0.15, -0.1) is 0 Å². The number of H-pyrrole nitrogens is 2. The summed E-state index contributed by atoms with van der Waals surface area (Å²) in [5.74, 6) is -3.32. The zero-order chi connectivity index (χ0) is 58.7. The number of hydrogen-bond donors (Lipinski definition) is 4. The molecule has 0 saturated carbocycles. The van der Waals surface area contributed by atoms with Gasteiger partial charge in [-0.1, -0.05) is 23.2 Å². The smallest absolute Gasteiger partial charge is 0.744 e. The van der Waals surface area contributed by atoms with Crippen molar-refractivity contribution >= 4 is 176 Å². The predicted molar refractivity (Wildman–Crippen MR) is 262 cm³/mol. The molecule has 2 aliphatic rings. The summed E-state index contributed by atoms with van der Waals surface area (Å²) in [5, 5.41) is -0.322. The molecule has 0 bridgehead atoms. The number of nitrogens with zero attached hydrogens (tertiary/aromatic N) is 8. The fourth-order valence-electron chi connectivity index (χ4n) is 7.23. The topological polar surface area (TPSA) is 518 Å². The van der Waals surface area contributed by atoms with Gasteiger partial charge in [-0.3, -0.25) is 9.97 Å². The Morgan fingerprint density at radius 2 is 0.709 bits per heavy atom. The third-order valence-electron chi connectivity index (χ3n) is 10.2. The zero-order valence-corrected chi connectivity index (χ0v) is 64.5. The van der Waals surface area contributed by atoms with Gasteiger partial charge in [0.1, 0.15) is 114 Å². The molecule has 0 aliphatic carbocycles. The molecule has 4 heterocycles. The number of halogens is 6. The fraction of sp³-hybridized carbons (Fsp3) is 0. The van der Waals surface area contributed by atoms with Crippen molar-refractivity contribution in [2.45, 2.75) is 29.4 Å². The third-order valence-corrected chi connectivity index (χ3v) is 16.8. The molecule has 0 spiro atoms. The van der Waals surface area contributed by atoms with Gasteiger partial charge in [-0.05, 0) is 94.9 Å². The molecule has 0 saturated heterocycles. The summed E-state index contributed by atoms with van der Waals surface area (Å²) < 4.78 is 241. The maximum atomic E-state index is 13.1. The van der Waals surface area contributed by atoms with Crippen molar-refractivity contribution in [2.75, 3.05) is 10.6 Å². The van der Waals surface area contributed by atoms with Crippen LogP contribution in [0, 0.1) is 0 Å². The van der Waals surface area contributed by atoms with Crippen molar-refractivity contribution in [3.63, 3.8) is 0 Å². The van der Waals surface area contributed by atoms with E-state index < -0.39 is 212 Å². The Morgan fingerprint density at radius 3 is 0.965 bits per heavy atom. The maximum absolute atomic E-state index is 13.1. The molecule has 420 valence electrons. The normalized spacial score (nSPS) is 12.9. The van der Waals surface area contributed by atoms with E-state index in [1.165, 1.54) is 0 Å². The van der Waals surface area contributed by atoms with Gasteiger partial charge in [0.15, 0.2) is 23.0 Å². The molecule has 0 fully saturated rings. The molecule has 9 rings (SSSR count). The number of nitrogens with one attached hydrogen (secondary N) is 4. The molecule has 86 heavy (non-hydrogen) atoms. The van der Waals surface area contributed by atoms with Crippen molar-refractivity contribution < 1.29 is 265 Å². The quantitative estimate of drug-likeness (QED) is 0.0652. The van der Waals surface area contributed by atoms with Gasteiger partial charge < -0.3 is 47.4 Å². The van der Waals surface area contributed by atoms with Crippen LogP contribution in [0.25, 0.3) is 0 Å². The number of aromatic nitrogens is 6. The minimum absolute atomic E-state index is 0. The summed E-state index contributed by atoms with van der Waals surface area (Å²) in [6.45, 7) is 0. The number of aromatic amines is 2. The van der Waals surface area contributed by atoms with Crippen LogP contribution in [0.1, 0.15) is 0 Å². The maximum Gasteiger partial charge on any atom is 1.00 e. The third kappa shape index (κ3) is 17.3. The molecule has 32 nitrogen and oxygen atoms in total. The second-order valence-electron chi connectivity index (χ2n) is 15.3. The predicted octanol–water partition coefficient (Wildman–Crippen LogP) is -14.6. The number of hydrogen-bond acceptors (Lipinski definition) is 30. The summed E-state index contributed by atoms with van der Waals surface area (Å²) in [6.07, 6.45) is 0. The Kier molecular flexibility index (Phi) is 27.5. The van der Waals surface area contributed by atoms with Crippen molar-refractivity contribution in [1.29, 1.82) is 0 Å². The Balaban J connectivity index is 0.00000323. The van der Waals surface area contributed by atoms with Crippen LogP contribution in [-0.2, 0) is 60.7 Å². The Labute approximate surface area is 644 Å². The number of anilines is 4. The summed E-state index contributed by atoms with van der Waals surface area (Å²) in [7, 11) is -35.0. The molecular weight excluding hydrogens is 1460 g/mol. The van der Waals surface area contributed by atoms with Gasteiger partial charge in [0.25, 0.3) is 0 Å². The molecule has 2 aromatic heterocycles. The Hall–Kier alpha value is -0.280. The molecule has 7 aromatic rings. The first kappa shape index (κ1) is 80.0. The molecule has 0 unspecified atom stereocenters. The van der Waals surface area contributed by atoms with Crippen LogP contribution in [0.5, 0.6) is 23.0 Å². The van der Waals surface area contributed by atoms with Crippen LogP contribution in [0.3, 0.4) is 0 Å². The second kappa shape index (κ2) is 29.6. The second-order valence-corrected chi connectivity index (χ2v) is 25.5. The van der Waals surface area contributed by atoms with E-state index in [9.17, 15) is 77.8 Å². The van der Waals surface area contributed by atoms with E-state index in [1.54, 1.807) is 0 Å². The SMILES string of the molecule is O=S(=O)([O-])c1cc(Nc2ccc3c(c2S(=O)(=O)[O-])Oc2c(Cl)c4c(c(Cl)c2=N3)Oc2c(ccc(Nc3cc(S(=O)(=O)[O-])c(N=c5nc(Cl)nc(Cl)[nH]5)c(S(=O)(=O)[O-])c3)c2S(=O)(=O)[O-])N=4)cc(S(=O)(=O)[O-])c1N=c1nc(Cl)nc(Cl)[nH]1.[Na+].[Na+].[Na+].[Na+].[Na+].[Na+]. The standard InChI is InChI=1S/C36H18Cl6N12O20S6.6Na/c37-19-23-27(73-25-11(45-23)1-3-13(29(25)79(67,68)69)43-9-5-15(75(55,56)57)21(16(6-9)76(58,59)60)47-35-51-31(39)49-32(40)52-35)20(38)24-28(19)74-26-12(46-24)2-4-14(30(26)80(70,71)72)44-10-7-17(77(61,62)63)22(18(8-10)78(64,65)66)48-36-53-33(41)50-34(42)54-36;;;;;;/h1-8,43-44H,(H,55,56,57)(H,58,59,60)(H,61,62,63)(H,64,65,66)(H,67,68,69)(H,70,71,72)(H,47,49,51,52)(H,48,50,53,54);;;;;;/q;6*+1/p-6. The van der Waals surface area contributed by atoms with Crippen LogP contribution >= 0.6 is 69.6 Å². The van der Waals surface area contributed by atoms with Gasteiger partial charge in [0.2, 0.25) is 32.4 Å². The van der Waals surface area contributed by atoms with Crippen LogP contribution in [0.4, 0.5) is 45.5 Å². The average Bonchev–Trinajstić information content (AvgIpc) is 1.14. The number of fused-ring (bicyclic) bond motifs is 4. The van der Waals surface area contributed by atoms with Gasteiger partial charge in [-0.25, -0.2) is 70.5 Å². The zero-order valence-electron chi connectivity index (χ0n) is 43.1. The number of rotatable bonds is 12. The summed E-state index contributed by atoms with van der Waals surface area (Å²) >= 11 is 36.4. The van der Waals surface area contributed by atoms with Crippen LogP contribution < -0.4 is 219 Å². The molecule has 0 atom stereocenters. The van der Waals surface area contributed by atoms with Crippen LogP contribution in [-0.4, -0.2) is 108 Å². The van der Waals surface area contributed by atoms with E-state index in [-0.39, 0.29) is 177 Å². The Bertz CT molecular complexity index is 4570. The molecule has 5 aromatic carbocycles. The summed E-state index contributed by atoms with van der Waals surface area (Å²) in [5.41, 5.74) is -8.74. The first-order chi connectivity index (χ1) is 36.9. The van der Waals surface area contributed by atoms with E-state index in [2.05, 4.69) is 60.5 Å². The number of ether oxygens (including phenoxy) is 2. The van der Waals surface area contributed by atoms with Crippen molar-refractivity contribution in [3.8, 4) is 23.0 Å². The minimum atomic E-state index is -5.84. The summed E-state index contributed by atoms with van der Waals surface area (Å²) in [4.78, 5) is 25.2. The first-order valence-electron chi connectivity index (χ1n) is 19.9. The van der Waals surface area contributed by atoms with Crippen molar-refractivity contribution in [1.82, 2.24) is 29.9 Å². The van der Waals surface area contributed by atoms with E-state index in [4.69, 9.17) is 79.1 Å². The molecule has 0 radical (unpaired) electrons. The van der Waals surface area contributed by atoms with E-state index in [1.807, 2.05) is 0 Å². The molecule has 50 heteroatoms. The average molecular weight is 1480 g/mol. The van der Waals surface area contributed by atoms with Crippen molar-refractivity contribution in [3.05, 3.63) is 102 Å². The van der Waals surface area contributed by atoms with Gasteiger partial charge in [0, 0.05) is 11.4 Å². The van der Waals surface area contributed by atoms with Crippen LogP contribution in [0.2, 0.25) is 31.2 Å². The summed E-state index contributed by atoms with van der Waals surface area (Å²) in [6, 6.07) is 4.98. The molecule has 2 aliphatic heterocycles. The minimum Gasteiger partial charge on any atom is -0.744 e. The van der Waals surface area contributed by atoms with E-state index in [0.29, 0.717) is 24.3 Å². The van der Waals surface area contributed by atoms with Gasteiger partial charge in [0.05, 0.1) is 31.0 Å². The molecular formula is C36H12Cl6N12Na6O20S6. The van der Waals surface area contributed by atoms with E-state index in [0.717, 1.165) is 24.3 Å². The fourth-order valence-corrected chi connectivity index (χ4v) is 12.8. The van der Waals surface area contributed by atoms with Crippen LogP contribution in [0.15, 0.2) is 97.9 Å². The van der Waals surface area contributed by atoms with Gasteiger partial charge >= 0.3 is 177 Å². The molecule has 0 amide bonds. The largest absolute Gasteiger partial charge is 1.00 e. The Morgan fingerprint density at radius 1 is 0.419 bits per heavy atom. The monoisotopic (exact) mass is 1470 g/mol. The number of benzene rings is 5. The first-order valence-corrected chi connectivity index (χ1v) is 30.6. The van der Waals surface area contributed by atoms with Gasteiger partial charge in [-0.2, -0.15) is 19.9 Å². The van der Waals surface area contributed by atoms with E-state index >= 15 is 0 Å². The molecule has 4 N–H and O–H groups in total.